The average Bonchev–Trinajstić information content (AvgIpc) is 3.13. The van der Waals surface area contributed by atoms with Gasteiger partial charge in [-0.25, -0.2) is 4.52 Å². The number of rotatable bonds is 5. The minimum atomic E-state index is -0.363. The van der Waals surface area contributed by atoms with E-state index in [9.17, 15) is 4.79 Å². The highest BCUT2D eigenvalue weighted by atomic mass is 16.1. The van der Waals surface area contributed by atoms with E-state index in [-0.39, 0.29) is 17.4 Å². The lowest BCUT2D eigenvalue weighted by Crippen LogP contribution is -2.41. The second-order valence-corrected chi connectivity index (χ2v) is 7.70. The first kappa shape index (κ1) is 16.1. The van der Waals surface area contributed by atoms with Gasteiger partial charge in [-0.1, -0.05) is 6.92 Å². The van der Waals surface area contributed by atoms with Gasteiger partial charge in [0.25, 0.3) is 0 Å². The zero-order valence-electron chi connectivity index (χ0n) is 15.1. The Morgan fingerprint density at radius 2 is 2.30 bits per heavy atom. The monoisotopic (exact) mass is 366 g/mol. The molecule has 1 saturated carbocycles. The SMILES string of the molecule is CC1(c2cc(Nc3nc(N4CCC[C@H]4C(N)=O)nn4cccc34)n[nH]2)CC1. The molecule has 1 aliphatic heterocycles. The van der Waals surface area contributed by atoms with Crippen molar-refractivity contribution in [2.45, 2.75) is 44.1 Å². The van der Waals surface area contributed by atoms with Crippen LogP contribution >= 0.6 is 0 Å². The summed E-state index contributed by atoms with van der Waals surface area (Å²) >= 11 is 0. The molecule has 9 nitrogen and oxygen atoms in total. The number of carbonyl (C=O) groups is 1. The Bertz CT molecular complexity index is 1020. The summed E-state index contributed by atoms with van der Waals surface area (Å²) in [6, 6.07) is 5.53. The summed E-state index contributed by atoms with van der Waals surface area (Å²) in [5.74, 6) is 1.53. The van der Waals surface area contributed by atoms with Gasteiger partial charge in [-0.05, 0) is 37.8 Å². The highest BCUT2D eigenvalue weighted by molar-refractivity contribution is 5.84. The van der Waals surface area contributed by atoms with Crippen molar-refractivity contribution in [1.82, 2.24) is 24.8 Å². The van der Waals surface area contributed by atoms with Crippen molar-refractivity contribution >= 4 is 29.0 Å². The van der Waals surface area contributed by atoms with E-state index in [2.05, 4.69) is 27.5 Å². The van der Waals surface area contributed by atoms with Gasteiger partial charge in [0.1, 0.15) is 11.6 Å². The molecular weight excluding hydrogens is 344 g/mol. The Kier molecular flexibility index (Phi) is 3.40. The van der Waals surface area contributed by atoms with Crippen molar-refractivity contribution in [1.29, 1.82) is 0 Å². The lowest BCUT2D eigenvalue weighted by atomic mass is 10.1. The second-order valence-electron chi connectivity index (χ2n) is 7.70. The molecule has 0 spiro atoms. The molecule has 1 saturated heterocycles. The molecule has 9 heteroatoms. The molecule has 2 fully saturated rings. The molecular formula is C18H22N8O. The molecule has 2 aliphatic rings. The van der Waals surface area contributed by atoms with Crippen molar-refractivity contribution in [3.05, 3.63) is 30.1 Å². The molecule has 140 valence electrons. The van der Waals surface area contributed by atoms with Gasteiger partial charge in [-0.3, -0.25) is 9.89 Å². The van der Waals surface area contributed by atoms with Crippen molar-refractivity contribution in [3.63, 3.8) is 0 Å². The van der Waals surface area contributed by atoms with Gasteiger partial charge in [-0.15, -0.1) is 5.10 Å². The van der Waals surface area contributed by atoms with Gasteiger partial charge >= 0.3 is 0 Å². The van der Waals surface area contributed by atoms with E-state index in [0.29, 0.717) is 18.3 Å². The number of nitrogens with two attached hydrogens (primary N) is 1. The zero-order chi connectivity index (χ0) is 18.6. The maximum Gasteiger partial charge on any atom is 0.246 e. The van der Waals surface area contributed by atoms with E-state index in [1.165, 1.54) is 12.8 Å². The third kappa shape index (κ3) is 2.70. The number of nitrogens with zero attached hydrogens (tertiary/aromatic N) is 5. The third-order valence-electron chi connectivity index (χ3n) is 5.69. The number of carbonyl (C=O) groups excluding carboxylic acids is 1. The van der Waals surface area contributed by atoms with E-state index >= 15 is 0 Å². The second kappa shape index (κ2) is 5.70. The maximum absolute atomic E-state index is 11.8. The summed E-state index contributed by atoms with van der Waals surface area (Å²) in [5, 5.41) is 15.4. The lowest BCUT2D eigenvalue weighted by Gasteiger charge is -2.22. The molecule has 4 N–H and O–H groups in total. The topological polar surface area (TPSA) is 117 Å². The Balaban J connectivity index is 1.51. The van der Waals surface area contributed by atoms with Gasteiger partial charge in [0.15, 0.2) is 11.6 Å². The van der Waals surface area contributed by atoms with E-state index < -0.39 is 0 Å². The van der Waals surface area contributed by atoms with Crippen LogP contribution in [0.5, 0.6) is 0 Å². The molecule has 1 amide bonds. The summed E-state index contributed by atoms with van der Waals surface area (Å²) in [5.41, 5.74) is 7.76. The number of fused-ring (bicyclic) bond motifs is 1. The smallest absolute Gasteiger partial charge is 0.246 e. The van der Waals surface area contributed by atoms with Crippen molar-refractivity contribution in [2.75, 3.05) is 16.8 Å². The van der Waals surface area contributed by atoms with Crippen LogP contribution in [0.4, 0.5) is 17.6 Å². The molecule has 0 radical (unpaired) electrons. The minimum absolute atomic E-state index is 0.221. The molecule has 0 aromatic carbocycles. The number of amides is 1. The van der Waals surface area contributed by atoms with Gasteiger partial charge in [0.05, 0.1) is 0 Å². The van der Waals surface area contributed by atoms with Crippen LogP contribution in [0.2, 0.25) is 0 Å². The van der Waals surface area contributed by atoms with Crippen molar-refractivity contribution in [3.8, 4) is 0 Å². The Labute approximate surface area is 155 Å². The minimum Gasteiger partial charge on any atom is -0.368 e. The van der Waals surface area contributed by atoms with Crippen LogP contribution in [0.15, 0.2) is 24.4 Å². The summed E-state index contributed by atoms with van der Waals surface area (Å²) in [6.45, 7) is 2.94. The van der Waals surface area contributed by atoms with Gasteiger partial charge < -0.3 is 16.0 Å². The number of H-pyrrole nitrogens is 1. The van der Waals surface area contributed by atoms with Crippen molar-refractivity contribution in [2.24, 2.45) is 5.73 Å². The number of hydrogen-bond donors (Lipinski definition) is 3. The number of nitrogens with one attached hydrogen (secondary N) is 2. The fraction of sp³-hybridized carbons (Fsp3) is 0.444. The molecule has 5 rings (SSSR count). The summed E-state index contributed by atoms with van der Waals surface area (Å²) in [7, 11) is 0. The van der Waals surface area contributed by atoms with E-state index in [1.54, 1.807) is 4.52 Å². The van der Waals surface area contributed by atoms with Crippen molar-refractivity contribution < 1.29 is 4.79 Å². The average molecular weight is 366 g/mol. The number of anilines is 3. The van der Waals surface area contributed by atoms with Gasteiger partial charge in [-0.2, -0.15) is 10.1 Å². The van der Waals surface area contributed by atoms with E-state index in [0.717, 1.165) is 29.9 Å². The van der Waals surface area contributed by atoms with Crippen LogP contribution < -0.4 is 16.0 Å². The summed E-state index contributed by atoms with van der Waals surface area (Å²) in [6.07, 6.45) is 5.84. The highest BCUT2D eigenvalue weighted by Crippen LogP contribution is 2.47. The first-order valence-electron chi connectivity index (χ1n) is 9.28. The molecule has 0 bridgehead atoms. The fourth-order valence-electron chi connectivity index (χ4n) is 3.71. The van der Waals surface area contributed by atoms with Gasteiger partial charge in [0, 0.05) is 29.9 Å². The zero-order valence-corrected chi connectivity index (χ0v) is 15.1. The van der Waals surface area contributed by atoms with E-state index in [1.807, 2.05) is 29.3 Å². The fourth-order valence-corrected chi connectivity index (χ4v) is 3.71. The quantitative estimate of drug-likeness (QED) is 0.633. The summed E-state index contributed by atoms with van der Waals surface area (Å²) < 4.78 is 1.76. The van der Waals surface area contributed by atoms with E-state index in [4.69, 9.17) is 10.7 Å². The Morgan fingerprint density at radius 3 is 3.07 bits per heavy atom. The first-order valence-corrected chi connectivity index (χ1v) is 9.28. The van der Waals surface area contributed by atoms with Crippen LogP contribution in [0, 0.1) is 0 Å². The molecule has 0 unspecified atom stereocenters. The highest BCUT2D eigenvalue weighted by Gasteiger charge is 2.40. The van der Waals surface area contributed by atoms with Crippen LogP contribution in [0.3, 0.4) is 0 Å². The number of aromatic nitrogens is 5. The molecule has 3 aromatic heterocycles. The summed E-state index contributed by atoms with van der Waals surface area (Å²) in [4.78, 5) is 18.3. The molecule has 4 heterocycles. The van der Waals surface area contributed by atoms with Crippen LogP contribution in [0.25, 0.3) is 5.52 Å². The predicted octanol–water partition coefficient (Wildman–Crippen LogP) is 1.70. The largest absolute Gasteiger partial charge is 0.368 e. The van der Waals surface area contributed by atoms with Gasteiger partial charge in [0.2, 0.25) is 11.9 Å². The maximum atomic E-state index is 11.8. The Hall–Kier alpha value is -3.10. The predicted molar refractivity (Wildman–Crippen MR) is 101 cm³/mol. The normalized spacial score (nSPS) is 20.9. The molecule has 1 atom stereocenters. The molecule has 1 aliphatic carbocycles. The molecule has 3 aromatic rings. The first-order chi connectivity index (χ1) is 13.0. The number of aromatic amines is 1. The van der Waals surface area contributed by atoms with Crippen LogP contribution in [0.1, 0.15) is 38.3 Å². The standard InChI is InChI=1S/C18H22N8O/c1-18(6-7-18)13-10-14(23-22-13)20-16-12-5-3-9-26(12)24-17(21-16)25-8-2-4-11(25)15(19)27/h3,5,9-11H,2,4,6-8H2,1H3,(H2,19,27)(H2,20,21,22,23,24)/t11-/m0/s1. The lowest BCUT2D eigenvalue weighted by molar-refractivity contribution is -0.119. The van der Waals surface area contributed by atoms with Crippen LogP contribution in [-0.2, 0) is 10.2 Å². The number of hydrogen-bond acceptors (Lipinski definition) is 6. The third-order valence-corrected chi connectivity index (χ3v) is 5.69. The molecule has 27 heavy (non-hydrogen) atoms. The Morgan fingerprint density at radius 1 is 1.44 bits per heavy atom. The number of primary amides is 1. The van der Waals surface area contributed by atoms with Crippen LogP contribution in [-0.4, -0.2) is 43.3 Å².